The van der Waals surface area contributed by atoms with Crippen molar-refractivity contribution in [2.75, 3.05) is 39.0 Å². The highest BCUT2D eigenvalue weighted by atomic mass is 32.2. The molecule has 2 heterocycles. The van der Waals surface area contributed by atoms with Gasteiger partial charge in [-0.2, -0.15) is 11.8 Å². The zero-order chi connectivity index (χ0) is 18.4. The molecule has 142 valence electrons. The Bertz CT molecular complexity index is 602. The second-order valence-electron chi connectivity index (χ2n) is 7.04. The first kappa shape index (κ1) is 19.1. The topological polar surface area (TPSA) is 49.9 Å². The summed E-state index contributed by atoms with van der Waals surface area (Å²) in [6, 6.07) is 9.37. The van der Waals surface area contributed by atoms with Gasteiger partial charge in [-0.25, -0.2) is 0 Å². The molecule has 0 aromatic heterocycles. The molecule has 0 radical (unpaired) electrons. The number of thioether (sulfide) groups is 1. The van der Waals surface area contributed by atoms with Gasteiger partial charge < -0.3 is 14.5 Å². The second kappa shape index (κ2) is 9.31. The normalized spacial score (nSPS) is 21.5. The van der Waals surface area contributed by atoms with Crippen LogP contribution in [0, 0.1) is 5.92 Å². The number of likely N-dealkylation sites (tertiary alicyclic amines) is 2. The highest BCUT2D eigenvalue weighted by Crippen LogP contribution is 2.25. The molecule has 0 bridgehead atoms. The van der Waals surface area contributed by atoms with Crippen LogP contribution in [0.25, 0.3) is 0 Å². The van der Waals surface area contributed by atoms with Gasteiger partial charge in [-0.05, 0) is 44.1 Å². The van der Waals surface area contributed by atoms with Crippen LogP contribution in [0.3, 0.4) is 0 Å². The third kappa shape index (κ3) is 4.93. The first-order valence-electron chi connectivity index (χ1n) is 9.44. The summed E-state index contributed by atoms with van der Waals surface area (Å²) in [4.78, 5) is 29.1. The van der Waals surface area contributed by atoms with Crippen LogP contribution in [-0.2, 0) is 9.59 Å². The maximum absolute atomic E-state index is 12.8. The molecular weight excluding hydrogens is 348 g/mol. The third-order valence-corrected chi connectivity index (χ3v) is 6.45. The van der Waals surface area contributed by atoms with Crippen molar-refractivity contribution < 1.29 is 14.3 Å². The monoisotopic (exact) mass is 376 g/mol. The number of hydrogen-bond donors (Lipinski definition) is 0. The van der Waals surface area contributed by atoms with E-state index < -0.39 is 0 Å². The molecule has 2 fully saturated rings. The van der Waals surface area contributed by atoms with E-state index in [4.69, 9.17) is 4.74 Å². The average molecular weight is 377 g/mol. The molecule has 2 saturated heterocycles. The molecule has 2 amide bonds. The Kier molecular flexibility index (Phi) is 6.83. The molecule has 0 aliphatic carbocycles. The quantitative estimate of drug-likeness (QED) is 0.793. The summed E-state index contributed by atoms with van der Waals surface area (Å²) in [6.45, 7) is 2.98. The molecule has 26 heavy (non-hydrogen) atoms. The van der Waals surface area contributed by atoms with Gasteiger partial charge in [-0.1, -0.05) is 18.2 Å². The van der Waals surface area contributed by atoms with Crippen molar-refractivity contribution in [2.45, 2.75) is 30.9 Å². The summed E-state index contributed by atoms with van der Waals surface area (Å²) in [7, 11) is 0. The molecule has 6 heteroatoms. The Morgan fingerprint density at radius 2 is 1.81 bits per heavy atom. The third-order valence-electron chi connectivity index (χ3n) is 5.32. The van der Waals surface area contributed by atoms with E-state index in [1.54, 1.807) is 4.90 Å². The average Bonchev–Trinajstić information content (AvgIpc) is 2.72. The molecule has 5 nitrogen and oxygen atoms in total. The van der Waals surface area contributed by atoms with Crippen LogP contribution < -0.4 is 4.74 Å². The number of para-hydroxylation sites is 1. The van der Waals surface area contributed by atoms with Crippen molar-refractivity contribution in [2.24, 2.45) is 5.92 Å². The molecule has 0 saturated carbocycles. The highest BCUT2D eigenvalue weighted by Gasteiger charge is 2.32. The molecule has 0 spiro atoms. The van der Waals surface area contributed by atoms with E-state index in [-0.39, 0.29) is 24.3 Å². The number of carbonyl (C=O) groups is 2. The van der Waals surface area contributed by atoms with E-state index in [0.29, 0.717) is 17.5 Å². The number of amides is 2. The minimum Gasteiger partial charge on any atom is -0.484 e. The minimum atomic E-state index is -0.0599. The van der Waals surface area contributed by atoms with Crippen LogP contribution in [0.2, 0.25) is 0 Å². The van der Waals surface area contributed by atoms with E-state index in [2.05, 4.69) is 6.26 Å². The largest absolute Gasteiger partial charge is 0.484 e. The van der Waals surface area contributed by atoms with E-state index in [1.807, 2.05) is 47.0 Å². The van der Waals surface area contributed by atoms with Gasteiger partial charge in [0.2, 0.25) is 5.91 Å². The maximum atomic E-state index is 12.8. The van der Waals surface area contributed by atoms with Gasteiger partial charge in [0.25, 0.3) is 5.91 Å². The standard InChI is InChI=1S/C20H28N2O3S/c1-26-18-9-12-21(13-10-18)20(24)16-6-5-11-22(14-16)19(23)15-25-17-7-3-2-4-8-17/h2-4,7-8,16,18H,5-6,9-15H2,1H3. The van der Waals surface area contributed by atoms with Gasteiger partial charge >= 0.3 is 0 Å². The Labute approximate surface area is 160 Å². The fourth-order valence-corrected chi connectivity index (χ4v) is 4.41. The smallest absolute Gasteiger partial charge is 0.260 e. The van der Waals surface area contributed by atoms with Crippen LogP contribution in [0.4, 0.5) is 0 Å². The zero-order valence-corrected chi connectivity index (χ0v) is 16.2. The fraction of sp³-hybridized carbons (Fsp3) is 0.600. The SMILES string of the molecule is CSC1CCN(C(=O)C2CCCN(C(=O)COc3ccccc3)C2)CC1. The van der Waals surface area contributed by atoms with Crippen molar-refractivity contribution in [1.82, 2.24) is 9.80 Å². The summed E-state index contributed by atoms with van der Waals surface area (Å²) in [5.74, 6) is 0.830. The second-order valence-corrected chi connectivity index (χ2v) is 8.18. The summed E-state index contributed by atoms with van der Waals surface area (Å²) in [5.41, 5.74) is 0. The number of benzene rings is 1. The summed E-state index contributed by atoms with van der Waals surface area (Å²) in [5, 5.41) is 0.679. The number of rotatable bonds is 5. The van der Waals surface area contributed by atoms with Crippen LogP contribution in [0.5, 0.6) is 5.75 Å². The highest BCUT2D eigenvalue weighted by molar-refractivity contribution is 7.99. The molecule has 1 atom stereocenters. The first-order chi connectivity index (χ1) is 12.7. The van der Waals surface area contributed by atoms with Gasteiger partial charge in [0, 0.05) is 31.4 Å². The van der Waals surface area contributed by atoms with Crippen molar-refractivity contribution in [3.05, 3.63) is 30.3 Å². The number of ether oxygens (including phenoxy) is 1. The number of hydrogen-bond acceptors (Lipinski definition) is 4. The van der Waals surface area contributed by atoms with Crippen LogP contribution in [-0.4, -0.2) is 65.9 Å². The number of piperidine rings is 2. The van der Waals surface area contributed by atoms with Gasteiger partial charge in [0.15, 0.2) is 6.61 Å². The lowest BCUT2D eigenvalue weighted by Crippen LogP contribution is -2.49. The molecular formula is C20H28N2O3S. The Balaban J connectivity index is 1.48. The Hall–Kier alpha value is -1.69. The lowest BCUT2D eigenvalue weighted by atomic mass is 9.95. The van der Waals surface area contributed by atoms with Crippen LogP contribution >= 0.6 is 11.8 Å². The zero-order valence-electron chi connectivity index (χ0n) is 15.4. The van der Waals surface area contributed by atoms with Crippen LogP contribution in [0.1, 0.15) is 25.7 Å². The molecule has 1 aromatic carbocycles. The van der Waals surface area contributed by atoms with Crippen molar-refractivity contribution >= 4 is 23.6 Å². The molecule has 2 aliphatic heterocycles. The predicted molar refractivity (Wildman–Crippen MR) is 104 cm³/mol. The maximum Gasteiger partial charge on any atom is 0.260 e. The lowest BCUT2D eigenvalue weighted by molar-refractivity contribution is -0.142. The summed E-state index contributed by atoms with van der Waals surface area (Å²) >= 11 is 1.90. The van der Waals surface area contributed by atoms with Crippen molar-refractivity contribution in [3.63, 3.8) is 0 Å². The van der Waals surface area contributed by atoms with E-state index in [1.165, 1.54) is 0 Å². The Morgan fingerprint density at radius 3 is 2.50 bits per heavy atom. The fourth-order valence-electron chi connectivity index (χ4n) is 3.73. The molecule has 2 aliphatic rings. The molecule has 1 aromatic rings. The molecule has 3 rings (SSSR count). The van der Waals surface area contributed by atoms with Gasteiger partial charge in [-0.15, -0.1) is 0 Å². The van der Waals surface area contributed by atoms with Crippen molar-refractivity contribution in [1.29, 1.82) is 0 Å². The van der Waals surface area contributed by atoms with Gasteiger partial charge in [-0.3, -0.25) is 9.59 Å². The summed E-state index contributed by atoms with van der Waals surface area (Å²) < 4.78 is 5.57. The lowest BCUT2D eigenvalue weighted by Gasteiger charge is -2.37. The summed E-state index contributed by atoms with van der Waals surface area (Å²) in [6.07, 6.45) is 6.06. The van der Waals surface area contributed by atoms with E-state index >= 15 is 0 Å². The van der Waals surface area contributed by atoms with E-state index in [9.17, 15) is 9.59 Å². The van der Waals surface area contributed by atoms with E-state index in [0.717, 1.165) is 45.3 Å². The first-order valence-corrected chi connectivity index (χ1v) is 10.7. The van der Waals surface area contributed by atoms with Gasteiger partial charge in [0.1, 0.15) is 5.75 Å². The number of carbonyl (C=O) groups excluding carboxylic acids is 2. The Morgan fingerprint density at radius 1 is 1.08 bits per heavy atom. The van der Waals surface area contributed by atoms with Crippen molar-refractivity contribution in [3.8, 4) is 5.75 Å². The molecule has 0 N–H and O–H groups in total. The molecule has 1 unspecified atom stereocenters. The van der Waals surface area contributed by atoms with Crippen LogP contribution in [0.15, 0.2) is 30.3 Å². The number of nitrogens with zero attached hydrogens (tertiary/aromatic N) is 2. The minimum absolute atomic E-state index is 0.0318. The van der Waals surface area contributed by atoms with Gasteiger partial charge in [0.05, 0.1) is 5.92 Å². The predicted octanol–water partition coefficient (Wildman–Crippen LogP) is 2.66.